The van der Waals surface area contributed by atoms with Crippen LogP contribution in [0.3, 0.4) is 0 Å². The molecular weight excluding hydrogens is 518 g/mol. The number of oxazole rings is 1. The van der Waals surface area contributed by atoms with Crippen molar-refractivity contribution in [3.05, 3.63) is 92.7 Å². The smallest absolute Gasteiger partial charge is 0.198 e. The van der Waals surface area contributed by atoms with Crippen LogP contribution >= 0.6 is 27.3 Å². The van der Waals surface area contributed by atoms with Gasteiger partial charge in [-0.3, -0.25) is 0 Å². The zero-order chi connectivity index (χ0) is 23.8. The molecular formula is C29H22BrN3OS. The van der Waals surface area contributed by atoms with Crippen LogP contribution in [0.25, 0.3) is 32.1 Å². The van der Waals surface area contributed by atoms with E-state index in [2.05, 4.69) is 103 Å². The highest BCUT2D eigenvalue weighted by molar-refractivity contribution is 9.10. The number of rotatable bonds is 2. The molecule has 6 heteroatoms. The Bertz CT molecular complexity index is 1780. The SMILES string of the molecule is Cc1nc2c3c(ccc2s1)Nc1c(c2oc(C(C)C)nc2c2ccccc12)C3c1ccc(Br)cc1. The van der Waals surface area contributed by atoms with Gasteiger partial charge in [0.1, 0.15) is 5.52 Å². The monoisotopic (exact) mass is 539 g/mol. The molecule has 3 heterocycles. The minimum atomic E-state index is -0.0420. The van der Waals surface area contributed by atoms with Crippen molar-refractivity contribution in [2.45, 2.75) is 32.6 Å². The van der Waals surface area contributed by atoms with Crippen LogP contribution in [-0.4, -0.2) is 9.97 Å². The molecule has 0 radical (unpaired) electrons. The summed E-state index contributed by atoms with van der Waals surface area (Å²) >= 11 is 5.35. The molecule has 0 aliphatic carbocycles. The molecule has 4 nitrogen and oxygen atoms in total. The van der Waals surface area contributed by atoms with Crippen LogP contribution in [0.4, 0.5) is 11.4 Å². The summed E-state index contributed by atoms with van der Waals surface area (Å²) < 4.78 is 8.82. The lowest BCUT2D eigenvalue weighted by atomic mass is 9.79. The molecule has 0 saturated carbocycles. The number of benzene rings is 4. The molecule has 0 saturated heterocycles. The Morgan fingerprint density at radius 2 is 1.69 bits per heavy atom. The number of fused-ring (bicyclic) bond motifs is 9. The van der Waals surface area contributed by atoms with Crippen LogP contribution in [0.5, 0.6) is 0 Å². The molecule has 35 heavy (non-hydrogen) atoms. The summed E-state index contributed by atoms with van der Waals surface area (Å²) in [6.07, 6.45) is 0. The minimum Gasteiger partial charge on any atom is -0.440 e. The van der Waals surface area contributed by atoms with Crippen molar-refractivity contribution in [2.75, 3.05) is 5.32 Å². The fraction of sp³-hybridized carbons (Fsp3) is 0.172. The van der Waals surface area contributed by atoms with Crippen LogP contribution in [0.2, 0.25) is 0 Å². The van der Waals surface area contributed by atoms with Crippen LogP contribution in [0.1, 0.15) is 53.3 Å². The van der Waals surface area contributed by atoms with E-state index in [1.54, 1.807) is 11.3 Å². The molecule has 1 aliphatic rings. The lowest BCUT2D eigenvalue weighted by molar-refractivity contribution is 0.499. The fourth-order valence-electron chi connectivity index (χ4n) is 5.32. The van der Waals surface area contributed by atoms with Crippen molar-refractivity contribution >= 4 is 70.7 Å². The van der Waals surface area contributed by atoms with Crippen molar-refractivity contribution in [3.8, 4) is 0 Å². The predicted molar refractivity (Wildman–Crippen MR) is 148 cm³/mol. The van der Waals surface area contributed by atoms with Gasteiger partial charge in [-0.2, -0.15) is 0 Å². The average molecular weight is 540 g/mol. The van der Waals surface area contributed by atoms with Gasteiger partial charge < -0.3 is 9.73 Å². The molecule has 2 aromatic heterocycles. The molecule has 7 rings (SSSR count). The number of aromatic nitrogens is 2. The normalized spacial score (nSPS) is 15.1. The molecule has 0 bridgehead atoms. The summed E-state index contributed by atoms with van der Waals surface area (Å²) in [7, 11) is 0. The Morgan fingerprint density at radius 3 is 2.46 bits per heavy atom. The third kappa shape index (κ3) is 3.09. The third-order valence-corrected chi connectivity index (χ3v) is 8.32. The van der Waals surface area contributed by atoms with Crippen molar-refractivity contribution in [3.63, 3.8) is 0 Å². The fourth-order valence-corrected chi connectivity index (χ4v) is 6.43. The first kappa shape index (κ1) is 21.1. The lowest BCUT2D eigenvalue weighted by Crippen LogP contribution is -2.15. The Balaban J connectivity index is 1.67. The number of thiazole rings is 1. The molecule has 1 unspecified atom stereocenters. The van der Waals surface area contributed by atoms with Crippen molar-refractivity contribution in [1.82, 2.24) is 9.97 Å². The first-order valence-corrected chi connectivity index (χ1v) is 13.4. The highest BCUT2D eigenvalue weighted by atomic mass is 79.9. The second kappa shape index (κ2) is 7.64. The molecule has 0 amide bonds. The number of aryl methyl sites for hydroxylation is 1. The molecule has 172 valence electrons. The highest BCUT2D eigenvalue weighted by Gasteiger charge is 2.35. The molecule has 0 fully saturated rings. The van der Waals surface area contributed by atoms with Gasteiger partial charge >= 0.3 is 0 Å². The average Bonchev–Trinajstić information content (AvgIpc) is 3.47. The van der Waals surface area contributed by atoms with Crippen LogP contribution in [0, 0.1) is 6.92 Å². The van der Waals surface area contributed by atoms with Gasteiger partial charge in [-0.25, -0.2) is 9.97 Å². The first-order valence-electron chi connectivity index (χ1n) is 11.8. The Labute approximate surface area is 215 Å². The van der Waals surface area contributed by atoms with E-state index in [1.165, 1.54) is 15.8 Å². The number of hydrogen-bond acceptors (Lipinski definition) is 5. The standard InChI is InChI=1S/C29H22BrN3OS/c1-14(2)29-33-26-19-7-5-4-6-18(19)25-24(28(26)34-29)22(16-8-10-17(30)11-9-16)23-20(32-25)12-13-21-27(23)31-15(3)35-21/h4-14,22,32H,1-3H3. The summed E-state index contributed by atoms with van der Waals surface area (Å²) in [4.78, 5) is 9.99. The van der Waals surface area contributed by atoms with Crippen LogP contribution in [-0.2, 0) is 0 Å². The molecule has 4 aromatic carbocycles. The molecule has 1 N–H and O–H groups in total. The maximum atomic E-state index is 6.57. The van der Waals surface area contributed by atoms with Gasteiger partial charge in [0.05, 0.1) is 20.9 Å². The van der Waals surface area contributed by atoms with Gasteiger partial charge in [0.15, 0.2) is 11.5 Å². The second-order valence-corrected chi connectivity index (χ2v) is 11.6. The maximum Gasteiger partial charge on any atom is 0.198 e. The van der Waals surface area contributed by atoms with E-state index < -0.39 is 0 Å². The van der Waals surface area contributed by atoms with E-state index in [0.717, 1.165) is 59.7 Å². The number of nitrogens with one attached hydrogen (secondary N) is 1. The van der Waals surface area contributed by atoms with Gasteiger partial charge in [0, 0.05) is 43.9 Å². The van der Waals surface area contributed by atoms with Crippen LogP contribution in [0.15, 0.2) is 69.6 Å². The number of nitrogens with zero attached hydrogens (tertiary/aromatic N) is 2. The second-order valence-electron chi connectivity index (χ2n) is 9.43. The van der Waals surface area contributed by atoms with E-state index in [1.807, 2.05) is 0 Å². The van der Waals surface area contributed by atoms with Gasteiger partial charge in [-0.1, -0.05) is 66.2 Å². The zero-order valence-electron chi connectivity index (χ0n) is 19.5. The van der Waals surface area contributed by atoms with Crippen molar-refractivity contribution in [1.29, 1.82) is 0 Å². The topological polar surface area (TPSA) is 51.0 Å². The van der Waals surface area contributed by atoms with Gasteiger partial charge in [-0.15, -0.1) is 11.3 Å². The Morgan fingerprint density at radius 1 is 0.914 bits per heavy atom. The number of hydrogen-bond donors (Lipinski definition) is 1. The van der Waals surface area contributed by atoms with Crippen molar-refractivity contribution < 1.29 is 4.42 Å². The number of anilines is 2. The maximum absolute atomic E-state index is 6.57. The van der Waals surface area contributed by atoms with E-state index in [9.17, 15) is 0 Å². The van der Waals surface area contributed by atoms with E-state index in [4.69, 9.17) is 14.4 Å². The molecule has 1 atom stereocenters. The summed E-state index contributed by atoms with van der Waals surface area (Å²) in [5.74, 6) is 0.918. The first-order chi connectivity index (χ1) is 17.0. The Hall–Kier alpha value is -3.22. The lowest BCUT2D eigenvalue weighted by Gasteiger charge is -2.31. The van der Waals surface area contributed by atoms with E-state index in [0.29, 0.717) is 0 Å². The third-order valence-electron chi connectivity index (χ3n) is 6.85. The highest BCUT2D eigenvalue weighted by Crippen LogP contribution is 2.53. The summed E-state index contributed by atoms with van der Waals surface area (Å²) in [5.41, 5.74) is 8.55. The Kier molecular flexibility index (Phi) is 4.60. The van der Waals surface area contributed by atoms with E-state index >= 15 is 0 Å². The minimum absolute atomic E-state index is 0.0420. The predicted octanol–water partition coefficient (Wildman–Crippen LogP) is 9.02. The zero-order valence-corrected chi connectivity index (χ0v) is 21.9. The summed E-state index contributed by atoms with van der Waals surface area (Å²) in [6, 6.07) is 21.5. The largest absolute Gasteiger partial charge is 0.440 e. The summed E-state index contributed by atoms with van der Waals surface area (Å²) in [6.45, 7) is 6.33. The molecule has 6 aromatic rings. The number of halogens is 1. The molecule has 1 aliphatic heterocycles. The van der Waals surface area contributed by atoms with Crippen LogP contribution < -0.4 is 5.32 Å². The van der Waals surface area contributed by atoms with Crippen molar-refractivity contribution in [2.24, 2.45) is 0 Å². The van der Waals surface area contributed by atoms with E-state index in [-0.39, 0.29) is 11.8 Å². The van der Waals surface area contributed by atoms with Gasteiger partial charge in [0.2, 0.25) is 0 Å². The summed E-state index contributed by atoms with van der Waals surface area (Å²) in [5, 5.41) is 7.12. The van der Waals surface area contributed by atoms with Gasteiger partial charge in [-0.05, 0) is 36.8 Å². The van der Waals surface area contributed by atoms with Gasteiger partial charge in [0.25, 0.3) is 0 Å². The quantitative estimate of drug-likeness (QED) is 0.238. The molecule has 0 spiro atoms.